The quantitative estimate of drug-likeness (QED) is 0.906. The van der Waals surface area contributed by atoms with E-state index >= 15 is 0 Å². The molecule has 21 heavy (non-hydrogen) atoms. The smallest absolute Gasteiger partial charge is 0.303 e. The van der Waals surface area contributed by atoms with Crippen LogP contribution in [0.2, 0.25) is 0 Å². The number of aryl methyl sites for hydroxylation is 1. The van der Waals surface area contributed by atoms with Crippen LogP contribution in [0.1, 0.15) is 23.1 Å². The van der Waals surface area contributed by atoms with Crippen LogP contribution in [-0.2, 0) is 24.4 Å². The first-order valence-electron chi connectivity index (χ1n) is 6.88. The fourth-order valence-corrected chi connectivity index (χ4v) is 2.60. The van der Waals surface area contributed by atoms with Crippen molar-refractivity contribution >= 4 is 5.97 Å². The molecule has 2 aromatic carbocycles. The highest BCUT2D eigenvalue weighted by Gasteiger charge is 2.18. The summed E-state index contributed by atoms with van der Waals surface area (Å²) in [5, 5.41) is 17.9. The average molecular weight is 284 g/mol. The molecule has 0 radical (unpaired) electrons. The van der Waals surface area contributed by atoms with Crippen molar-refractivity contribution in [1.29, 1.82) is 0 Å². The van der Waals surface area contributed by atoms with Crippen molar-refractivity contribution in [3.63, 3.8) is 0 Å². The van der Waals surface area contributed by atoms with Gasteiger partial charge in [0.1, 0.15) is 12.4 Å². The molecule has 0 spiro atoms. The third kappa shape index (κ3) is 2.76. The van der Waals surface area contributed by atoms with Crippen molar-refractivity contribution in [1.82, 2.24) is 0 Å². The van der Waals surface area contributed by atoms with Gasteiger partial charge in [0.05, 0.1) is 6.61 Å². The SMILES string of the molecule is O=C(O)CCc1ccc2c(c1)OCc1cc(CO)ccc1-2. The van der Waals surface area contributed by atoms with Crippen molar-refractivity contribution in [2.75, 3.05) is 0 Å². The summed E-state index contributed by atoms with van der Waals surface area (Å²) in [6.07, 6.45) is 0.623. The Morgan fingerprint density at radius 1 is 1.10 bits per heavy atom. The minimum absolute atomic E-state index is 0.0221. The van der Waals surface area contributed by atoms with Gasteiger partial charge < -0.3 is 14.9 Å². The summed E-state index contributed by atoms with van der Waals surface area (Å²) in [5.41, 5.74) is 5.02. The highest BCUT2D eigenvalue weighted by molar-refractivity contribution is 5.76. The van der Waals surface area contributed by atoms with E-state index in [4.69, 9.17) is 9.84 Å². The fraction of sp³-hybridized carbons (Fsp3) is 0.235. The van der Waals surface area contributed by atoms with Crippen LogP contribution in [0, 0.1) is 0 Å². The van der Waals surface area contributed by atoms with Crippen molar-refractivity contribution in [2.45, 2.75) is 26.1 Å². The molecule has 0 aliphatic carbocycles. The van der Waals surface area contributed by atoms with E-state index in [0.29, 0.717) is 13.0 Å². The topological polar surface area (TPSA) is 66.8 Å². The maximum absolute atomic E-state index is 10.6. The van der Waals surface area contributed by atoms with Gasteiger partial charge in [-0.05, 0) is 40.8 Å². The number of carboxylic acid groups (broad SMARTS) is 1. The lowest BCUT2D eigenvalue weighted by molar-refractivity contribution is -0.136. The van der Waals surface area contributed by atoms with Gasteiger partial charge in [-0.25, -0.2) is 0 Å². The second-order valence-electron chi connectivity index (χ2n) is 5.16. The van der Waals surface area contributed by atoms with Crippen LogP contribution in [0.25, 0.3) is 11.1 Å². The monoisotopic (exact) mass is 284 g/mol. The van der Waals surface area contributed by atoms with Crippen molar-refractivity contribution in [2.24, 2.45) is 0 Å². The Labute approximate surface area is 122 Å². The Morgan fingerprint density at radius 2 is 1.86 bits per heavy atom. The minimum atomic E-state index is -0.796. The van der Waals surface area contributed by atoms with Gasteiger partial charge in [-0.2, -0.15) is 0 Å². The fourth-order valence-electron chi connectivity index (χ4n) is 2.60. The molecule has 4 heteroatoms. The molecular weight excluding hydrogens is 268 g/mol. The van der Waals surface area contributed by atoms with Crippen LogP contribution < -0.4 is 4.74 Å². The number of carboxylic acids is 1. The lowest BCUT2D eigenvalue weighted by Gasteiger charge is -2.22. The summed E-state index contributed by atoms with van der Waals surface area (Å²) >= 11 is 0. The molecule has 0 atom stereocenters. The van der Waals surface area contributed by atoms with E-state index in [1.807, 2.05) is 36.4 Å². The number of aliphatic hydroxyl groups is 1. The van der Waals surface area contributed by atoms with E-state index in [9.17, 15) is 9.90 Å². The molecule has 0 amide bonds. The largest absolute Gasteiger partial charge is 0.488 e. The van der Waals surface area contributed by atoms with E-state index in [1.54, 1.807) is 0 Å². The predicted molar refractivity (Wildman–Crippen MR) is 78.1 cm³/mol. The van der Waals surface area contributed by atoms with Crippen LogP contribution in [0.3, 0.4) is 0 Å². The maximum atomic E-state index is 10.6. The highest BCUT2D eigenvalue weighted by Crippen LogP contribution is 2.38. The Balaban J connectivity index is 1.93. The summed E-state index contributed by atoms with van der Waals surface area (Å²) in [6.45, 7) is 0.493. The van der Waals surface area contributed by atoms with Gasteiger partial charge in [-0.15, -0.1) is 0 Å². The molecule has 0 saturated heterocycles. The van der Waals surface area contributed by atoms with Gasteiger partial charge >= 0.3 is 5.97 Å². The molecule has 108 valence electrons. The summed E-state index contributed by atoms with van der Waals surface area (Å²) < 4.78 is 5.77. The zero-order chi connectivity index (χ0) is 14.8. The third-order valence-electron chi connectivity index (χ3n) is 3.70. The molecule has 1 aliphatic rings. The minimum Gasteiger partial charge on any atom is -0.488 e. The number of benzene rings is 2. The van der Waals surface area contributed by atoms with Crippen LogP contribution in [0.15, 0.2) is 36.4 Å². The molecular formula is C17H16O4. The number of aliphatic hydroxyl groups excluding tert-OH is 1. The first kappa shape index (κ1) is 13.6. The van der Waals surface area contributed by atoms with Gasteiger partial charge in [-0.1, -0.05) is 24.3 Å². The van der Waals surface area contributed by atoms with E-state index in [-0.39, 0.29) is 13.0 Å². The van der Waals surface area contributed by atoms with E-state index < -0.39 is 5.97 Å². The second-order valence-corrected chi connectivity index (χ2v) is 5.16. The van der Waals surface area contributed by atoms with Gasteiger partial charge in [0.2, 0.25) is 0 Å². The number of aliphatic carboxylic acids is 1. The maximum Gasteiger partial charge on any atom is 0.303 e. The molecule has 4 nitrogen and oxygen atoms in total. The molecule has 1 aliphatic heterocycles. The number of hydrogen-bond donors (Lipinski definition) is 2. The van der Waals surface area contributed by atoms with Gasteiger partial charge in [-0.3, -0.25) is 4.79 Å². The number of rotatable bonds is 4. The number of ether oxygens (including phenoxy) is 1. The highest BCUT2D eigenvalue weighted by atomic mass is 16.5. The zero-order valence-corrected chi connectivity index (χ0v) is 11.5. The zero-order valence-electron chi connectivity index (χ0n) is 11.5. The van der Waals surface area contributed by atoms with Crippen LogP contribution >= 0.6 is 0 Å². The Morgan fingerprint density at radius 3 is 2.62 bits per heavy atom. The first-order chi connectivity index (χ1) is 10.2. The summed E-state index contributed by atoms with van der Waals surface area (Å²) in [6, 6.07) is 11.7. The summed E-state index contributed by atoms with van der Waals surface area (Å²) in [5.74, 6) is -0.00217. The Bertz CT molecular complexity index is 691. The average Bonchev–Trinajstić information content (AvgIpc) is 2.51. The molecule has 0 unspecified atom stereocenters. The molecule has 3 rings (SSSR count). The van der Waals surface area contributed by atoms with E-state index in [1.165, 1.54) is 0 Å². The molecule has 0 bridgehead atoms. The van der Waals surface area contributed by atoms with Gasteiger partial charge in [0, 0.05) is 12.0 Å². The van der Waals surface area contributed by atoms with Crippen molar-refractivity contribution in [3.8, 4) is 16.9 Å². The van der Waals surface area contributed by atoms with Crippen LogP contribution in [-0.4, -0.2) is 16.2 Å². The van der Waals surface area contributed by atoms with Gasteiger partial charge in [0.15, 0.2) is 0 Å². The van der Waals surface area contributed by atoms with Gasteiger partial charge in [0.25, 0.3) is 0 Å². The Kier molecular flexibility index (Phi) is 3.62. The van der Waals surface area contributed by atoms with E-state index in [0.717, 1.165) is 33.6 Å². The summed E-state index contributed by atoms with van der Waals surface area (Å²) in [4.78, 5) is 10.6. The molecule has 0 fully saturated rings. The molecule has 0 aromatic heterocycles. The molecule has 0 saturated carbocycles. The lowest BCUT2D eigenvalue weighted by atomic mass is 9.94. The van der Waals surface area contributed by atoms with E-state index in [2.05, 4.69) is 0 Å². The lowest BCUT2D eigenvalue weighted by Crippen LogP contribution is -2.07. The van der Waals surface area contributed by atoms with Crippen LogP contribution in [0.5, 0.6) is 5.75 Å². The number of carbonyl (C=O) groups is 1. The first-order valence-corrected chi connectivity index (χ1v) is 6.88. The number of fused-ring (bicyclic) bond motifs is 3. The second kappa shape index (κ2) is 5.58. The summed E-state index contributed by atoms with van der Waals surface area (Å²) in [7, 11) is 0. The molecule has 2 N–H and O–H groups in total. The standard InChI is InChI=1S/C17H16O4/c18-9-12-2-4-14-13(7-12)10-21-16-8-11(1-5-15(14)16)3-6-17(19)20/h1-2,4-5,7-8,18H,3,6,9-10H2,(H,19,20). The molecule has 2 aromatic rings. The Hall–Kier alpha value is -2.33. The third-order valence-corrected chi connectivity index (χ3v) is 3.70. The number of hydrogen-bond acceptors (Lipinski definition) is 3. The predicted octanol–water partition coefficient (Wildman–Crippen LogP) is 2.76. The van der Waals surface area contributed by atoms with Crippen LogP contribution in [0.4, 0.5) is 0 Å². The normalized spacial score (nSPS) is 12.2. The molecule has 1 heterocycles. The van der Waals surface area contributed by atoms with Crippen molar-refractivity contribution in [3.05, 3.63) is 53.1 Å². The van der Waals surface area contributed by atoms with Crippen molar-refractivity contribution < 1.29 is 19.7 Å².